The molecule has 0 saturated heterocycles. The molecule has 0 aliphatic rings. The molecular formula is C23H23Cl2N3O2S. The Balaban J connectivity index is 1.83. The third kappa shape index (κ3) is 6.02. The standard InChI is InChI=1S/C23H23Cl2N3O2S/c24-19-9-7-18(8-10-19)4-3-16-27-22-5-1-2-6-23(22)28(17-15-26)31(29,30)21-13-11-20(25)12-14-21/h1-14,27H,15-17,26H2. The maximum absolute atomic E-state index is 13.3. The van der Waals surface area contributed by atoms with Gasteiger partial charge in [-0.2, -0.15) is 0 Å². The van der Waals surface area contributed by atoms with Crippen molar-refractivity contribution in [3.8, 4) is 0 Å². The largest absolute Gasteiger partial charge is 0.380 e. The zero-order valence-electron chi connectivity index (χ0n) is 16.7. The fourth-order valence-corrected chi connectivity index (χ4v) is 4.75. The Morgan fingerprint density at radius 3 is 2.16 bits per heavy atom. The van der Waals surface area contributed by atoms with E-state index in [1.807, 2.05) is 48.6 Å². The monoisotopic (exact) mass is 475 g/mol. The lowest BCUT2D eigenvalue weighted by atomic mass is 10.2. The van der Waals surface area contributed by atoms with E-state index in [0.29, 0.717) is 28.0 Å². The molecule has 5 nitrogen and oxygen atoms in total. The van der Waals surface area contributed by atoms with E-state index in [9.17, 15) is 8.42 Å². The summed E-state index contributed by atoms with van der Waals surface area (Å²) in [5.74, 6) is 0. The molecule has 0 radical (unpaired) electrons. The van der Waals surface area contributed by atoms with Gasteiger partial charge in [0.05, 0.1) is 16.3 Å². The number of sulfonamides is 1. The van der Waals surface area contributed by atoms with Crippen molar-refractivity contribution >= 4 is 50.7 Å². The summed E-state index contributed by atoms with van der Waals surface area (Å²) in [5, 5.41) is 4.44. The van der Waals surface area contributed by atoms with Crippen molar-refractivity contribution in [1.29, 1.82) is 0 Å². The van der Waals surface area contributed by atoms with Gasteiger partial charge in [-0.3, -0.25) is 4.31 Å². The Hall–Kier alpha value is -2.51. The molecule has 8 heteroatoms. The Bertz CT molecular complexity index is 1130. The highest BCUT2D eigenvalue weighted by atomic mass is 35.5. The Morgan fingerprint density at radius 2 is 1.52 bits per heavy atom. The summed E-state index contributed by atoms with van der Waals surface area (Å²) in [6.07, 6.45) is 3.93. The van der Waals surface area contributed by atoms with E-state index < -0.39 is 10.0 Å². The van der Waals surface area contributed by atoms with Crippen LogP contribution in [0.1, 0.15) is 5.56 Å². The van der Waals surface area contributed by atoms with Crippen molar-refractivity contribution in [3.05, 3.63) is 94.5 Å². The van der Waals surface area contributed by atoms with Crippen LogP contribution in [0.25, 0.3) is 6.08 Å². The lowest BCUT2D eigenvalue weighted by Gasteiger charge is -2.26. The van der Waals surface area contributed by atoms with Crippen LogP contribution in [0.3, 0.4) is 0 Å². The maximum atomic E-state index is 13.3. The molecule has 162 valence electrons. The van der Waals surface area contributed by atoms with Crippen molar-refractivity contribution in [2.75, 3.05) is 29.3 Å². The average Bonchev–Trinajstić information content (AvgIpc) is 2.77. The van der Waals surface area contributed by atoms with E-state index in [1.54, 1.807) is 24.3 Å². The van der Waals surface area contributed by atoms with E-state index >= 15 is 0 Å². The van der Waals surface area contributed by atoms with Crippen molar-refractivity contribution in [2.45, 2.75) is 4.90 Å². The Morgan fingerprint density at radius 1 is 0.903 bits per heavy atom. The zero-order valence-corrected chi connectivity index (χ0v) is 19.0. The number of hydrogen-bond acceptors (Lipinski definition) is 4. The van der Waals surface area contributed by atoms with E-state index in [0.717, 1.165) is 5.56 Å². The van der Waals surface area contributed by atoms with Gasteiger partial charge >= 0.3 is 0 Å². The summed E-state index contributed by atoms with van der Waals surface area (Å²) in [5.41, 5.74) is 7.99. The molecule has 31 heavy (non-hydrogen) atoms. The van der Waals surface area contributed by atoms with Gasteiger partial charge in [0, 0.05) is 29.7 Å². The lowest BCUT2D eigenvalue weighted by molar-refractivity contribution is 0.591. The molecule has 0 aromatic heterocycles. The van der Waals surface area contributed by atoms with Gasteiger partial charge in [-0.05, 0) is 54.1 Å². The minimum Gasteiger partial charge on any atom is -0.380 e. The van der Waals surface area contributed by atoms with Crippen LogP contribution >= 0.6 is 23.2 Å². The molecule has 0 aliphatic carbocycles. The number of benzene rings is 3. The number of halogens is 2. The van der Waals surface area contributed by atoms with Gasteiger partial charge in [-0.25, -0.2) is 8.42 Å². The highest BCUT2D eigenvalue weighted by Gasteiger charge is 2.26. The first-order valence-electron chi connectivity index (χ1n) is 9.65. The minimum atomic E-state index is -3.81. The Labute approximate surface area is 193 Å². The normalized spacial score (nSPS) is 11.6. The van der Waals surface area contributed by atoms with E-state index in [1.165, 1.54) is 16.4 Å². The van der Waals surface area contributed by atoms with Gasteiger partial charge < -0.3 is 11.1 Å². The molecule has 3 rings (SSSR count). The second-order valence-corrected chi connectivity index (χ2v) is 9.41. The van der Waals surface area contributed by atoms with Crippen molar-refractivity contribution < 1.29 is 8.42 Å². The third-order valence-corrected chi connectivity index (χ3v) is 6.83. The topological polar surface area (TPSA) is 75.4 Å². The summed E-state index contributed by atoms with van der Waals surface area (Å²) < 4.78 is 27.9. The minimum absolute atomic E-state index is 0.143. The number of nitrogens with two attached hydrogens (primary N) is 1. The fourth-order valence-electron chi connectivity index (χ4n) is 3.00. The second-order valence-electron chi connectivity index (χ2n) is 6.67. The molecule has 0 unspecified atom stereocenters. The molecule has 3 N–H and O–H groups in total. The van der Waals surface area contributed by atoms with E-state index in [-0.39, 0.29) is 18.0 Å². The smallest absolute Gasteiger partial charge is 0.264 e. The first-order valence-corrected chi connectivity index (χ1v) is 11.8. The van der Waals surface area contributed by atoms with Crippen LogP contribution in [0, 0.1) is 0 Å². The summed E-state index contributed by atoms with van der Waals surface area (Å²) in [4.78, 5) is 0.155. The van der Waals surface area contributed by atoms with Crippen molar-refractivity contribution in [3.63, 3.8) is 0 Å². The summed E-state index contributed by atoms with van der Waals surface area (Å²) >= 11 is 11.8. The van der Waals surface area contributed by atoms with Gasteiger partial charge in [0.2, 0.25) is 0 Å². The summed E-state index contributed by atoms with van der Waals surface area (Å²) in [7, 11) is -3.81. The van der Waals surface area contributed by atoms with Gasteiger partial charge in [-0.15, -0.1) is 0 Å². The predicted molar refractivity (Wildman–Crippen MR) is 130 cm³/mol. The molecule has 0 heterocycles. The van der Waals surface area contributed by atoms with Gasteiger partial charge in [0.15, 0.2) is 0 Å². The molecule has 0 atom stereocenters. The Kier molecular flexibility index (Phi) is 7.98. The highest BCUT2D eigenvalue weighted by Crippen LogP contribution is 2.30. The molecule has 0 saturated carbocycles. The van der Waals surface area contributed by atoms with Crippen LogP contribution in [0.2, 0.25) is 10.0 Å². The first kappa shape index (κ1) is 23.2. The van der Waals surface area contributed by atoms with Gasteiger partial charge in [0.1, 0.15) is 0 Å². The molecule has 0 bridgehead atoms. The fraction of sp³-hybridized carbons (Fsp3) is 0.130. The number of anilines is 2. The second kappa shape index (κ2) is 10.7. The number of rotatable bonds is 9. The van der Waals surface area contributed by atoms with Crippen LogP contribution in [-0.2, 0) is 10.0 Å². The van der Waals surface area contributed by atoms with E-state index in [2.05, 4.69) is 5.32 Å². The molecule has 0 fully saturated rings. The summed E-state index contributed by atoms with van der Waals surface area (Å²) in [6.45, 7) is 0.832. The molecule has 3 aromatic rings. The first-order chi connectivity index (χ1) is 14.9. The van der Waals surface area contributed by atoms with Crippen LogP contribution < -0.4 is 15.4 Å². The average molecular weight is 476 g/mol. The number of para-hydroxylation sites is 2. The van der Waals surface area contributed by atoms with Crippen LogP contribution in [0.4, 0.5) is 11.4 Å². The third-order valence-electron chi connectivity index (χ3n) is 4.50. The van der Waals surface area contributed by atoms with Gasteiger partial charge in [0.25, 0.3) is 10.0 Å². The van der Waals surface area contributed by atoms with Crippen molar-refractivity contribution in [1.82, 2.24) is 0 Å². The molecular weight excluding hydrogens is 453 g/mol. The predicted octanol–water partition coefficient (Wildman–Crippen LogP) is 5.27. The molecule has 3 aromatic carbocycles. The number of nitrogens with zero attached hydrogens (tertiary/aromatic N) is 1. The SMILES string of the molecule is NCCN(c1ccccc1NCC=Cc1ccc(Cl)cc1)S(=O)(=O)c1ccc(Cl)cc1. The number of nitrogens with one attached hydrogen (secondary N) is 1. The molecule has 0 aliphatic heterocycles. The number of hydrogen-bond donors (Lipinski definition) is 2. The quantitative estimate of drug-likeness (QED) is 0.441. The molecule has 0 amide bonds. The summed E-state index contributed by atoms with van der Waals surface area (Å²) in [6, 6.07) is 20.9. The molecule has 0 spiro atoms. The van der Waals surface area contributed by atoms with Crippen LogP contribution in [0.15, 0.2) is 83.8 Å². The highest BCUT2D eigenvalue weighted by molar-refractivity contribution is 7.92. The maximum Gasteiger partial charge on any atom is 0.264 e. The zero-order chi connectivity index (χ0) is 22.3. The van der Waals surface area contributed by atoms with Crippen molar-refractivity contribution in [2.24, 2.45) is 5.73 Å². The van der Waals surface area contributed by atoms with E-state index in [4.69, 9.17) is 28.9 Å². The van der Waals surface area contributed by atoms with Crippen LogP contribution in [-0.4, -0.2) is 28.1 Å². The van der Waals surface area contributed by atoms with Gasteiger partial charge in [-0.1, -0.05) is 59.6 Å². The van der Waals surface area contributed by atoms with Crippen LogP contribution in [0.5, 0.6) is 0 Å². The lowest BCUT2D eigenvalue weighted by Crippen LogP contribution is -2.36.